The van der Waals surface area contributed by atoms with Crippen molar-refractivity contribution in [2.45, 2.75) is 25.4 Å². The first kappa shape index (κ1) is 30.0. The van der Waals surface area contributed by atoms with E-state index < -0.39 is 12.0 Å². The number of aliphatic carboxylic acids is 1. The summed E-state index contributed by atoms with van der Waals surface area (Å²) in [5.74, 6) is -1.01. The van der Waals surface area contributed by atoms with Gasteiger partial charge in [0.25, 0.3) is 11.8 Å². The van der Waals surface area contributed by atoms with Crippen LogP contribution in [-0.2, 0) is 11.3 Å². The summed E-state index contributed by atoms with van der Waals surface area (Å²) in [6.45, 7) is 0.113. The molecule has 4 aromatic rings. The fourth-order valence-corrected chi connectivity index (χ4v) is 4.80. The van der Waals surface area contributed by atoms with Crippen molar-refractivity contribution >= 4 is 17.8 Å². The van der Waals surface area contributed by atoms with Gasteiger partial charge in [0.2, 0.25) is 0 Å². The molecule has 42 heavy (non-hydrogen) atoms. The molecule has 4 aromatic carbocycles. The van der Waals surface area contributed by atoms with Crippen molar-refractivity contribution in [1.82, 2.24) is 10.2 Å². The molecule has 8 heteroatoms. The summed E-state index contributed by atoms with van der Waals surface area (Å²) >= 11 is 0. The molecule has 0 aliphatic rings. The van der Waals surface area contributed by atoms with Crippen molar-refractivity contribution in [3.8, 4) is 16.9 Å². The Hall–Kier alpha value is -4.95. The molecule has 0 saturated heterocycles. The number of carbonyl (C=O) groups excluding carboxylic acids is 2. The van der Waals surface area contributed by atoms with Crippen molar-refractivity contribution in [2.24, 2.45) is 0 Å². The van der Waals surface area contributed by atoms with E-state index in [0.717, 1.165) is 11.1 Å². The summed E-state index contributed by atoms with van der Waals surface area (Å²) in [4.78, 5) is 40.5. The second-order valence-corrected chi connectivity index (χ2v) is 9.76. The highest BCUT2D eigenvalue weighted by Gasteiger charge is 2.24. The van der Waals surface area contributed by atoms with Crippen LogP contribution < -0.4 is 10.1 Å². The van der Waals surface area contributed by atoms with Gasteiger partial charge < -0.3 is 25.2 Å². The molecule has 0 aromatic heterocycles. The highest BCUT2D eigenvalue weighted by atomic mass is 16.5. The van der Waals surface area contributed by atoms with Crippen molar-refractivity contribution < 1.29 is 29.3 Å². The van der Waals surface area contributed by atoms with Gasteiger partial charge in [-0.15, -0.1) is 0 Å². The smallest absolute Gasteiger partial charge is 0.305 e. The van der Waals surface area contributed by atoms with Gasteiger partial charge in [-0.1, -0.05) is 78.9 Å². The zero-order chi connectivity index (χ0) is 29.9. The summed E-state index contributed by atoms with van der Waals surface area (Å²) in [6, 6.07) is 30.3. The van der Waals surface area contributed by atoms with Gasteiger partial charge in [-0.05, 0) is 52.9 Å². The van der Waals surface area contributed by atoms with E-state index in [1.165, 1.54) is 4.90 Å². The first-order valence-corrected chi connectivity index (χ1v) is 13.7. The molecule has 4 rings (SSSR count). The Morgan fingerprint density at radius 1 is 0.810 bits per heavy atom. The number of hydrogen-bond acceptors (Lipinski definition) is 5. The second kappa shape index (κ2) is 14.6. The van der Waals surface area contributed by atoms with Crippen LogP contribution in [0.25, 0.3) is 11.1 Å². The first-order valence-electron chi connectivity index (χ1n) is 13.7. The van der Waals surface area contributed by atoms with E-state index >= 15 is 0 Å². The fraction of sp³-hybridized carbons (Fsp3) is 0.206. The third-order valence-electron chi connectivity index (χ3n) is 6.96. The van der Waals surface area contributed by atoms with Crippen LogP contribution in [0.1, 0.15) is 50.7 Å². The van der Waals surface area contributed by atoms with Gasteiger partial charge in [-0.3, -0.25) is 14.4 Å². The van der Waals surface area contributed by atoms with E-state index in [1.54, 1.807) is 67.8 Å². The highest BCUT2D eigenvalue weighted by Crippen LogP contribution is 2.30. The Morgan fingerprint density at radius 3 is 2.02 bits per heavy atom. The lowest BCUT2D eigenvalue weighted by molar-refractivity contribution is -0.137. The van der Waals surface area contributed by atoms with Crippen LogP contribution in [-0.4, -0.2) is 53.2 Å². The molecule has 0 bridgehead atoms. The number of carboxylic acid groups (broad SMARTS) is 1. The number of nitrogens with one attached hydrogen (secondary N) is 1. The number of amides is 2. The molecule has 3 N–H and O–H groups in total. The number of nitrogens with zero attached hydrogens (tertiary/aromatic N) is 1. The minimum Gasteiger partial charge on any atom is -0.497 e. The molecule has 0 spiro atoms. The van der Waals surface area contributed by atoms with Gasteiger partial charge in [0, 0.05) is 30.8 Å². The number of hydrogen-bond donors (Lipinski definition) is 3. The van der Waals surface area contributed by atoms with Gasteiger partial charge in [0.15, 0.2) is 0 Å². The van der Waals surface area contributed by atoms with Gasteiger partial charge >= 0.3 is 5.97 Å². The predicted octanol–water partition coefficient (Wildman–Crippen LogP) is 5.33. The Kier molecular flexibility index (Phi) is 10.4. The maximum atomic E-state index is 14.0. The molecule has 0 aliphatic heterocycles. The van der Waals surface area contributed by atoms with Crippen molar-refractivity contribution in [3.05, 3.63) is 125 Å². The van der Waals surface area contributed by atoms with Crippen LogP contribution in [0.5, 0.6) is 5.75 Å². The van der Waals surface area contributed by atoms with Crippen LogP contribution >= 0.6 is 0 Å². The number of aliphatic hydroxyl groups is 1. The molecule has 2 amide bonds. The van der Waals surface area contributed by atoms with Crippen LogP contribution in [0, 0.1) is 0 Å². The molecule has 0 saturated carbocycles. The summed E-state index contributed by atoms with van der Waals surface area (Å²) in [5.41, 5.74) is 3.55. The molecule has 0 radical (unpaired) electrons. The van der Waals surface area contributed by atoms with Gasteiger partial charge in [-0.25, -0.2) is 0 Å². The third-order valence-corrected chi connectivity index (χ3v) is 6.96. The number of carbonyl (C=O) groups is 3. The largest absolute Gasteiger partial charge is 0.497 e. The van der Waals surface area contributed by atoms with E-state index in [0.29, 0.717) is 34.4 Å². The summed E-state index contributed by atoms with van der Waals surface area (Å²) in [5, 5.41) is 22.0. The quantitative estimate of drug-likeness (QED) is 0.201. The van der Waals surface area contributed by atoms with E-state index in [9.17, 15) is 24.6 Å². The molecular formula is C34H34N2O6. The van der Waals surface area contributed by atoms with Gasteiger partial charge in [-0.2, -0.15) is 0 Å². The summed E-state index contributed by atoms with van der Waals surface area (Å²) < 4.78 is 5.22. The second-order valence-electron chi connectivity index (χ2n) is 9.76. The molecule has 1 atom stereocenters. The fourth-order valence-electron chi connectivity index (χ4n) is 4.80. The number of rotatable bonds is 13. The lowest BCUT2D eigenvalue weighted by atomic mass is 9.93. The predicted molar refractivity (Wildman–Crippen MR) is 160 cm³/mol. The molecule has 216 valence electrons. The molecule has 1 unspecified atom stereocenters. The van der Waals surface area contributed by atoms with Crippen LogP contribution in [0.15, 0.2) is 103 Å². The van der Waals surface area contributed by atoms with E-state index in [4.69, 9.17) is 4.74 Å². The minimum atomic E-state index is -1.01. The normalized spacial score (nSPS) is 11.4. The Bertz CT molecular complexity index is 1500. The molecule has 0 heterocycles. The van der Waals surface area contributed by atoms with E-state index in [1.807, 2.05) is 42.5 Å². The maximum Gasteiger partial charge on any atom is 0.305 e. The first-order chi connectivity index (χ1) is 20.4. The van der Waals surface area contributed by atoms with Crippen LogP contribution in [0.3, 0.4) is 0 Å². The average Bonchev–Trinajstić information content (AvgIpc) is 3.03. The molecule has 0 fully saturated rings. The number of methoxy groups -OCH3 is 1. The lowest BCUT2D eigenvalue weighted by Gasteiger charge is -2.24. The molecule has 8 nitrogen and oxygen atoms in total. The van der Waals surface area contributed by atoms with Crippen molar-refractivity contribution in [2.75, 3.05) is 20.3 Å². The summed E-state index contributed by atoms with van der Waals surface area (Å²) in [7, 11) is 1.57. The number of aliphatic hydroxyl groups excluding tert-OH is 1. The standard InChI is InChI=1S/C34H34N2O6/c1-42-26-17-15-24(16-18-26)23-36(21-19-32(38)39)34(41)30-14-8-6-12-28(30)27-11-5-7-13-29(27)33(40)35-31(20-22-37)25-9-3-2-4-10-25/h2-18,31,37H,19-23H2,1H3,(H,35,40)(H,38,39). The SMILES string of the molecule is COc1ccc(CN(CCC(=O)O)C(=O)c2ccccc2-c2ccccc2C(=O)NC(CCO)c2ccccc2)cc1. The molecular weight excluding hydrogens is 532 g/mol. The van der Waals surface area contributed by atoms with Crippen LogP contribution in [0.2, 0.25) is 0 Å². The van der Waals surface area contributed by atoms with E-state index in [2.05, 4.69) is 5.32 Å². The lowest BCUT2D eigenvalue weighted by Crippen LogP contribution is -2.33. The number of carboxylic acids is 1. The topological polar surface area (TPSA) is 116 Å². The maximum absolute atomic E-state index is 14.0. The minimum absolute atomic E-state index is 0.0105. The zero-order valence-electron chi connectivity index (χ0n) is 23.4. The average molecular weight is 567 g/mol. The monoisotopic (exact) mass is 566 g/mol. The van der Waals surface area contributed by atoms with Crippen molar-refractivity contribution in [3.63, 3.8) is 0 Å². The van der Waals surface area contributed by atoms with E-state index in [-0.39, 0.29) is 37.9 Å². The Labute approximate surface area is 245 Å². The number of benzene rings is 4. The highest BCUT2D eigenvalue weighted by molar-refractivity contribution is 6.06. The Morgan fingerprint density at radius 2 is 1.40 bits per heavy atom. The summed E-state index contributed by atoms with van der Waals surface area (Å²) in [6.07, 6.45) is 0.131. The Balaban J connectivity index is 1.67. The number of ether oxygens (including phenoxy) is 1. The van der Waals surface area contributed by atoms with Gasteiger partial charge in [0.05, 0.1) is 19.6 Å². The zero-order valence-corrected chi connectivity index (χ0v) is 23.4. The third kappa shape index (κ3) is 7.62. The van der Waals surface area contributed by atoms with Crippen molar-refractivity contribution in [1.29, 1.82) is 0 Å². The molecule has 0 aliphatic carbocycles. The van der Waals surface area contributed by atoms with Crippen LogP contribution in [0.4, 0.5) is 0 Å². The van der Waals surface area contributed by atoms with Gasteiger partial charge in [0.1, 0.15) is 5.75 Å².